The summed E-state index contributed by atoms with van der Waals surface area (Å²) in [5.74, 6) is 0.0425. The molecule has 4 nitrogen and oxygen atoms in total. The highest BCUT2D eigenvalue weighted by atomic mass is 35.5. The lowest BCUT2D eigenvalue weighted by Gasteiger charge is -2.34. The van der Waals surface area contributed by atoms with Crippen LogP contribution >= 0.6 is 23.2 Å². The molecular formula is C17H19Cl2N3O. The summed E-state index contributed by atoms with van der Waals surface area (Å²) in [5, 5.41) is 1.69. The maximum absolute atomic E-state index is 12.7. The Morgan fingerprint density at radius 3 is 2.61 bits per heavy atom. The zero-order valence-corrected chi connectivity index (χ0v) is 14.6. The monoisotopic (exact) mass is 351 g/mol. The first-order valence-corrected chi connectivity index (χ1v) is 8.61. The number of benzene rings is 1. The fourth-order valence-electron chi connectivity index (χ4n) is 2.96. The first-order chi connectivity index (χ1) is 11.1. The van der Waals surface area contributed by atoms with E-state index in [9.17, 15) is 4.79 Å². The summed E-state index contributed by atoms with van der Waals surface area (Å²) in [6, 6.07) is 7.03. The molecule has 0 aliphatic carbocycles. The quantitative estimate of drug-likeness (QED) is 0.791. The van der Waals surface area contributed by atoms with Crippen molar-refractivity contribution >= 4 is 40.0 Å². The van der Waals surface area contributed by atoms with Crippen molar-refractivity contribution in [1.29, 1.82) is 0 Å². The fraction of sp³-hybridized carbons (Fsp3) is 0.412. The van der Waals surface area contributed by atoms with E-state index in [0.717, 1.165) is 44.5 Å². The third kappa shape index (κ3) is 3.60. The molecule has 0 saturated carbocycles. The molecule has 1 aromatic heterocycles. The average molecular weight is 352 g/mol. The van der Waals surface area contributed by atoms with Gasteiger partial charge in [0.1, 0.15) is 5.15 Å². The number of piperazine rings is 1. The lowest BCUT2D eigenvalue weighted by molar-refractivity contribution is 0.0637. The number of nitrogens with zero attached hydrogens (tertiary/aromatic N) is 3. The van der Waals surface area contributed by atoms with Gasteiger partial charge in [-0.2, -0.15) is 0 Å². The number of rotatable bonds is 3. The first kappa shape index (κ1) is 16.5. The van der Waals surface area contributed by atoms with E-state index >= 15 is 0 Å². The van der Waals surface area contributed by atoms with Crippen LogP contribution in [0.1, 0.15) is 23.7 Å². The van der Waals surface area contributed by atoms with E-state index in [0.29, 0.717) is 21.3 Å². The molecule has 0 bridgehead atoms. The molecule has 122 valence electrons. The highest BCUT2D eigenvalue weighted by molar-refractivity contribution is 6.37. The molecule has 6 heteroatoms. The molecular weight excluding hydrogens is 333 g/mol. The number of hydrogen-bond donors (Lipinski definition) is 0. The van der Waals surface area contributed by atoms with E-state index in [2.05, 4.69) is 16.8 Å². The smallest absolute Gasteiger partial charge is 0.254 e. The minimum absolute atomic E-state index is 0.0425. The molecule has 2 heterocycles. The second-order valence-electron chi connectivity index (χ2n) is 5.79. The van der Waals surface area contributed by atoms with Gasteiger partial charge in [-0.1, -0.05) is 36.2 Å². The second kappa shape index (κ2) is 7.04. The SMILES string of the molecule is CCCN1CCN(C(=O)c2ccc3c(Cl)cc(Cl)nc3c2)CC1. The van der Waals surface area contributed by atoms with Crippen molar-refractivity contribution in [2.75, 3.05) is 32.7 Å². The third-order valence-corrected chi connectivity index (χ3v) is 4.68. The van der Waals surface area contributed by atoms with Crippen LogP contribution in [-0.4, -0.2) is 53.4 Å². The van der Waals surface area contributed by atoms with Crippen molar-refractivity contribution in [3.8, 4) is 0 Å². The van der Waals surface area contributed by atoms with Gasteiger partial charge in [0.15, 0.2) is 0 Å². The Hall–Kier alpha value is -1.36. The molecule has 0 radical (unpaired) electrons. The summed E-state index contributed by atoms with van der Waals surface area (Å²) in [6.45, 7) is 6.67. The molecule has 1 fully saturated rings. The largest absolute Gasteiger partial charge is 0.336 e. The van der Waals surface area contributed by atoms with Gasteiger partial charge >= 0.3 is 0 Å². The topological polar surface area (TPSA) is 36.4 Å². The van der Waals surface area contributed by atoms with Gasteiger partial charge in [-0.05, 0) is 31.2 Å². The maximum Gasteiger partial charge on any atom is 0.254 e. The van der Waals surface area contributed by atoms with E-state index in [1.54, 1.807) is 12.1 Å². The number of fused-ring (bicyclic) bond motifs is 1. The Balaban J connectivity index is 1.79. The minimum Gasteiger partial charge on any atom is -0.336 e. The zero-order chi connectivity index (χ0) is 16.4. The molecule has 0 atom stereocenters. The van der Waals surface area contributed by atoms with Crippen molar-refractivity contribution in [3.05, 3.63) is 40.0 Å². The van der Waals surface area contributed by atoms with E-state index in [1.165, 1.54) is 0 Å². The van der Waals surface area contributed by atoms with Crippen LogP contribution in [0.4, 0.5) is 0 Å². The lowest BCUT2D eigenvalue weighted by atomic mass is 10.1. The third-order valence-electron chi connectivity index (χ3n) is 4.17. The second-order valence-corrected chi connectivity index (χ2v) is 6.59. The Labute approximate surface area is 146 Å². The van der Waals surface area contributed by atoms with Crippen LogP contribution in [0, 0.1) is 0 Å². The number of amides is 1. The molecule has 0 unspecified atom stereocenters. The molecule has 1 saturated heterocycles. The highest BCUT2D eigenvalue weighted by Crippen LogP contribution is 2.26. The highest BCUT2D eigenvalue weighted by Gasteiger charge is 2.22. The predicted molar refractivity (Wildman–Crippen MR) is 94.4 cm³/mol. The summed E-state index contributed by atoms with van der Waals surface area (Å²) in [6.07, 6.45) is 1.14. The lowest BCUT2D eigenvalue weighted by Crippen LogP contribution is -2.48. The molecule has 1 aliphatic rings. The van der Waals surface area contributed by atoms with Gasteiger partial charge in [-0.15, -0.1) is 0 Å². The van der Waals surface area contributed by atoms with Crippen LogP contribution < -0.4 is 0 Å². The zero-order valence-electron chi connectivity index (χ0n) is 13.1. The van der Waals surface area contributed by atoms with E-state index in [4.69, 9.17) is 23.2 Å². The Bertz CT molecular complexity index is 727. The van der Waals surface area contributed by atoms with Gasteiger partial charge in [0.25, 0.3) is 5.91 Å². The average Bonchev–Trinajstić information content (AvgIpc) is 2.54. The van der Waals surface area contributed by atoms with Crippen molar-refractivity contribution < 1.29 is 4.79 Å². The number of pyridine rings is 1. The molecule has 23 heavy (non-hydrogen) atoms. The van der Waals surface area contributed by atoms with Gasteiger partial charge in [0.05, 0.1) is 10.5 Å². The van der Waals surface area contributed by atoms with Crippen LogP contribution in [0.2, 0.25) is 10.2 Å². The van der Waals surface area contributed by atoms with Crippen molar-refractivity contribution in [2.45, 2.75) is 13.3 Å². The number of hydrogen-bond acceptors (Lipinski definition) is 3. The summed E-state index contributed by atoms with van der Waals surface area (Å²) in [4.78, 5) is 21.3. The van der Waals surface area contributed by atoms with Gasteiger partial charge < -0.3 is 4.90 Å². The molecule has 2 aromatic rings. The predicted octanol–water partition coefficient (Wildman–Crippen LogP) is 3.71. The van der Waals surface area contributed by atoms with Crippen LogP contribution in [0.3, 0.4) is 0 Å². The van der Waals surface area contributed by atoms with Crippen LogP contribution in [0.5, 0.6) is 0 Å². The molecule has 1 amide bonds. The number of aromatic nitrogens is 1. The number of halogens is 2. The molecule has 0 spiro atoms. The van der Waals surface area contributed by atoms with E-state index in [-0.39, 0.29) is 5.91 Å². The molecule has 1 aromatic carbocycles. The van der Waals surface area contributed by atoms with Crippen molar-refractivity contribution in [1.82, 2.24) is 14.8 Å². The normalized spacial score (nSPS) is 16.0. The summed E-state index contributed by atoms with van der Waals surface area (Å²) < 4.78 is 0. The maximum atomic E-state index is 12.7. The van der Waals surface area contributed by atoms with Crippen molar-refractivity contribution in [2.24, 2.45) is 0 Å². The summed E-state index contributed by atoms with van der Waals surface area (Å²) in [5.41, 5.74) is 1.28. The Morgan fingerprint density at radius 2 is 1.91 bits per heavy atom. The van der Waals surface area contributed by atoms with Crippen molar-refractivity contribution in [3.63, 3.8) is 0 Å². The van der Waals surface area contributed by atoms with Crippen LogP contribution in [0.15, 0.2) is 24.3 Å². The van der Waals surface area contributed by atoms with E-state index < -0.39 is 0 Å². The number of carbonyl (C=O) groups is 1. The van der Waals surface area contributed by atoms with Crippen LogP contribution in [0.25, 0.3) is 10.9 Å². The first-order valence-electron chi connectivity index (χ1n) is 7.86. The van der Waals surface area contributed by atoms with Crippen LogP contribution in [-0.2, 0) is 0 Å². The van der Waals surface area contributed by atoms with Gasteiger partial charge in [-0.25, -0.2) is 4.98 Å². The minimum atomic E-state index is 0.0425. The Kier molecular flexibility index (Phi) is 5.05. The van der Waals surface area contributed by atoms with Gasteiger partial charge in [0, 0.05) is 37.1 Å². The molecule has 1 aliphatic heterocycles. The Morgan fingerprint density at radius 1 is 1.17 bits per heavy atom. The van der Waals surface area contributed by atoms with E-state index in [1.807, 2.05) is 17.0 Å². The fourth-order valence-corrected chi connectivity index (χ4v) is 3.48. The standard InChI is InChI=1S/C17H19Cl2N3O/c1-2-5-21-6-8-22(9-7-21)17(23)12-3-4-13-14(18)11-16(19)20-15(13)10-12/h3-4,10-11H,2,5-9H2,1H3. The summed E-state index contributed by atoms with van der Waals surface area (Å²) in [7, 11) is 0. The summed E-state index contributed by atoms with van der Waals surface area (Å²) >= 11 is 12.1. The number of carbonyl (C=O) groups excluding carboxylic acids is 1. The molecule has 0 N–H and O–H groups in total. The van der Waals surface area contributed by atoms with Gasteiger partial charge in [0.2, 0.25) is 0 Å². The van der Waals surface area contributed by atoms with Gasteiger partial charge in [-0.3, -0.25) is 9.69 Å². The molecule has 3 rings (SSSR count).